The van der Waals surface area contributed by atoms with Crippen molar-refractivity contribution in [3.05, 3.63) is 65.6 Å². The summed E-state index contributed by atoms with van der Waals surface area (Å²) < 4.78 is 14.3. The molecule has 150 valence electrons. The van der Waals surface area contributed by atoms with Gasteiger partial charge in [-0.2, -0.15) is 0 Å². The number of nitrogens with zero attached hydrogens (tertiary/aromatic N) is 2. The highest BCUT2D eigenvalue weighted by Gasteiger charge is 2.32. The highest BCUT2D eigenvalue weighted by Crippen LogP contribution is 2.34. The standard InChI is InChI=1S/C23H23FN2O2S/c1-14(2)19-8-7-17(9-20(19)24)21-10-25-22(29-21)16-5-3-15(4-6-16)11-26-12-18(13-26)23(27)28/h3-10,14,18H,11-13H2,1-2H3,(H,27,28). The summed E-state index contributed by atoms with van der Waals surface area (Å²) >= 11 is 1.55. The van der Waals surface area contributed by atoms with Gasteiger partial charge in [0.2, 0.25) is 0 Å². The first-order chi connectivity index (χ1) is 13.9. The van der Waals surface area contributed by atoms with E-state index in [1.807, 2.05) is 38.1 Å². The molecule has 0 radical (unpaired) electrons. The molecule has 1 fully saturated rings. The molecule has 29 heavy (non-hydrogen) atoms. The lowest BCUT2D eigenvalue weighted by Crippen LogP contribution is -2.49. The van der Waals surface area contributed by atoms with E-state index in [9.17, 15) is 9.18 Å². The fourth-order valence-corrected chi connectivity index (χ4v) is 4.47. The van der Waals surface area contributed by atoms with Crippen molar-refractivity contribution in [2.75, 3.05) is 13.1 Å². The number of aliphatic carboxylic acids is 1. The molecule has 1 N–H and O–H groups in total. The van der Waals surface area contributed by atoms with Crippen molar-refractivity contribution in [3.8, 4) is 21.0 Å². The molecule has 1 aliphatic rings. The summed E-state index contributed by atoms with van der Waals surface area (Å²) in [5.41, 5.74) is 3.75. The highest BCUT2D eigenvalue weighted by molar-refractivity contribution is 7.18. The molecule has 0 atom stereocenters. The third-order valence-corrected chi connectivity index (χ3v) is 6.42. The van der Waals surface area contributed by atoms with Crippen molar-refractivity contribution in [2.24, 2.45) is 5.92 Å². The molecule has 0 amide bonds. The van der Waals surface area contributed by atoms with Crippen LogP contribution >= 0.6 is 11.3 Å². The monoisotopic (exact) mass is 410 g/mol. The molecule has 0 aliphatic carbocycles. The average molecular weight is 411 g/mol. The van der Waals surface area contributed by atoms with E-state index < -0.39 is 5.97 Å². The molecule has 0 spiro atoms. The van der Waals surface area contributed by atoms with Crippen LogP contribution in [0.2, 0.25) is 0 Å². The molecule has 1 saturated heterocycles. The number of benzene rings is 2. The third kappa shape index (κ3) is 4.23. The van der Waals surface area contributed by atoms with Gasteiger partial charge in [-0.1, -0.05) is 50.2 Å². The number of likely N-dealkylation sites (tertiary alicyclic amines) is 1. The predicted octanol–water partition coefficient (Wildman–Crippen LogP) is 5.26. The van der Waals surface area contributed by atoms with Crippen LogP contribution in [0.3, 0.4) is 0 Å². The van der Waals surface area contributed by atoms with Gasteiger partial charge in [-0.3, -0.25) is 9.69 Å². The summed E-state index contributed by atoms with van der Waals surface area (Å²) in [7, 11) is 0. The fraction of sp³-hybridized carbons (Fsp3) is 0.304. The van der Waals surface area contributed by atoms with Gasteiger partial charge in [0.15, 0.2) is 0 Å². The second kappa shape index (κ2) is 8.05. The summed E-state index contributed by atoms with van der Waals surface area (Å²) in [4.78, 5) is 18.5. The molecule has 2 heterocycles. The molecule has 0 bridgehead atoms. The van der Waals surface area contributed by atoms with Crippen molar-refractivity contribution in [3.63, 3.8) is 0 Å². The van der Waals surface area contributed by atoms with E-state index in [1.165, 1.54) is 0 Å². The van der Waals surface area contributed by atoms with Crippen LogP contribution in [-0.4, -0.2) is 34.0 Å². The minimum atomic E-state index is -0.713. The number of aromatic nitrogens is 1. The summed E-state index contributed by atoms with van der Waals surface area (Å²) in [5, 5.41) is 9.86. The zero-order valence-electron chi connectivity index (χ0n) is 16.4. The van der Waals surface area contributed by atoms with Crippen LogP contribution in [0.1, 0.15) is 30.9 Å². The summed E-state index contributed by atoms with van der Waals surface area (Å²) in [6, 6.07) is 13.6. The number of carboxylic acid groups (broad SMARTS) is 1. The average Bonchev–Trinajstić information content (AvgIpc) is 3.14. The van der Waals surface area contributed by atoms with E-state index in [0.29, 0.717) is 13.1 Å². The number of hydrogen-bond acceptors (Lipinski definition) is 4. The molecule has 1 aliphatic heterocycles. The van der Waals surface area contributed by atoms with Crippen LogP contribution in [-0.2, 0) is 11.3 Å². The Morgan fingerprint density at radius 1 is 1.21 bits per heavy atom. The molecule has 4 rings (SSSR count). The van der Waals surface area contributed by atoms with Gasteiger partial charge in [-0.15, -0.1) is 11.3 Å². The lowest BCUT2D eigenvalue weighted by molar-refractivity contribution is -0.147. The Hall–Kier alpha value is -2.57. The van der Waals surface area contributed by atoms with Crippen molar-refractivity contribution >= 4 is 17.3 Å². The molecule has 0 unspecified atom stereocenters. The predicted molar refractivity (Wildman–Crippen MR) is 113 cm³/mol. The second-order valence-corrected chi connectivity index (χ2v) is 8.88. The van der Waals surface area contributed by atoms with E-state index in [1.54, 1.807) is 23.6 Å². The Kier molecular flexibility index (Phi) is 5.48. The highest BCUT2D eigenvalue weighted by atomic mass is 32.1. The zero-order chi connectivity index (χ0) is 20.5. The van der Waals surface area contributed by atoms with Crippen LogP contribution in [0.4, 0.5) is 4.39 Å². The third-order valence-electron chi connectivity index (χ3n) is 5.33. The number of rotatable bonds is 6. The lowest BCUT2D eigenvalue weighted by atomic mass is 9.99. The number of hydrogen-bond donors (Lipinski definition) is 1. The van der Waals surface area contributed by atoms with Gasteiger partial charge in [-0.05, 0) is 28.7 Å². The Bertz CT molecular complexity index is 1020. The first kappa shape index (κ1) is 19.7. The fourth-order valence-electron chi connectivity index (χ4n) is 3.56. The van der Waals surface area contributed by atoms with Gasteiger partial charge in [0.05, 0.1) is 10.8 Å². The van der Waals surface area contributed by atoms with Crippen molar-refractivity contribution in [2.45, 2.75) is 26.3 Å². The van der Waals surface area contributed by atoms with Crippen LogP contribution in [0.15, 0.2) is 48.7 Å². The van der Waals surface area contributed by atoms with E-state index in [0.717, 1.165) is 38.7 Å². The second-order valence-electron chi connectivity index (χ2n) is 7.85. The Balaban J connectivity index is 1.44. The topological polar surface area (TPSA) is 53.4 Å². The van der Waals surface area contributed by atoms with Crippen LogP contribution in [0.5, 0.6) is 0 Å². The minimum absolute atomic E-state index is 0.158. The normalized spacial score (nSPS) is 14.9. The lowest BCUT2D eigenvalue weighted by Gasteiger charge is -2.36. The number of carboxylic acids is 1. The van der Waals surface area contributed by atoms with Gasteiger partial charge in [-0.25, -0.2) is 9.37 Å². The molecular formula is C23H23FN2O2S. The smallest absolute Gasteiger partial charge is 0.309 e. The minimum Gasteiger partial charge on any atom is -0.481 e. The Labute approximate surface area is 173 Å². The SMILES string of the molecule is CC(C)c1ccc(-c2cnc(-c3ccc(CN4CC(C(=O)O)C4)cc3)s2)cc1F. The molecule has 2 aromatic carbocycles. The van der Waals surface area contributed by atoms with E-state index >= 15 is 0 Å². The Morgan fingerprint density at radius 2 is 1.90 bits per heavy atom. The van der Waals surface area contributed by atoms with Crippen molar-refractivity contribution in [1.82, 2.24) is 9.88 Å². The zero-order valence-corrected chi connectivity index (χ0v) is 17.2. The molecule has 1 aromatic heterocycles. The molecular weight excluding hydrogens is 387 g/mol. The molecule has 4 nitrogen and oxygen atoms in total. The van der Waals surface area contributed by atoms with Gasteiger partial charge in [0.25, 0.3) is 0 Å². The van der Waals surface area contributed by atoms with Crippen LogP contribution in [0.25, 0.3) is 21.0 Å². The van der Waals surface area contributed by atoms with Gasteiger partial charge < -0.3 is 5.11 Å². The first-order valence-electron chi connectivity index (χ1n) is 9.71. The summed E-state index contributed by atoms with van der Waals surface area (Å²) in [6.45, 7) is 5.95. The quantitative estimate of drug-likeness (QED) is 0.603. The molecule has 6 heteroatoms. The maximum atomic E-state index is 14.3. The molecule has 3 aromatic rings. The summed E-state index contributed by atoms with van der Waals surface area (Å²) in [5.74, 6) is -0.962. The van der Waals surface area contributed by atoms with Gasteiger partial charge >= 0.3 is 5.97 Å². The molecule has 0 saturated carbocycles. The van der Waals surface area contributed by atoms with E-state index in [2.05, 4.69) is 22.0 Å². The summed E-state index contributed by atoms with van der Waals surface area (Å²) in [6.07, 6.45) is 1.80. The van der Waals surface area contributed by atoms with E-state index in [-0.39, 0.29) is 17.7 Å². The Morgan fingerprint density at radius 3 is 2.52 bits per heavy atom. The largest absolute Gasteiger partial charge is 0.481 e. The van der Waals surface area contributed by atoms with Gasteiger partial charge in [0, 0.05) is 31.4 Å². The number of carbonyl (C=O) groups is 1. The van der Waals surface area contributed by atoms with Crippen molar-refractivity contribution < 1.29 is 14.3 Å². The first-order valence-corrected chi connectivity index (χ1v) is 10.5. The maximum Gasteiger partial charge on any atom is 0.309 e. The van der Waals surface area contributed by atoms with E-state index in [4.69, 9.17) is 5.11 Å². The van der Waals surface area contributed by atoms with Crippen molar-refractivity contribution in [1.29, 1.82) is 0 Å². The van der Waals surface area contributed by atoms with Gasteiger partial charge in [0.1, 0.15) is 10.8 Å². The van der Waals surface area contributed by atoms with Crippen LogP contribution < -0.4 is 0 Å². The number of halogens is 1. The van der Waals surface area contributed by atoms with Crippen LogP contribution in [0, 0.1) is 11.7 Å². The number of thiazole rings is 1. The maximum absolute atomic E-state index is 14.3.